The highest BCUT2D eigenvalue weighted by Gasteiger charge is 2.46. The Morgan fingerprint density at radius 2 is 0.742 bits per heavy atom. The number of fused-ring (bicyclic) bond motifs is 10. The van der Waals surface area contributed by atoms with Crippen LogP contribution in [0.25, 0.3) is 92.2 Å². The van der Waals surface area contributed by atoms with Crippen LogP contribution in [0.15, 0.2) is 346 Å². The van der Waals surface area contributed by atoms with Gasteiger partial charge in [-0.15, -0.1) is 11.3 Å². The number of nitrogens with zero attached hydrogens (tertiary/aromatic N) is 3. The predicted molar refractivity (Wildman–Crippen MR) is 377 cm³/mol. The smallest absolute Gasteiger partial charge is 0.0714 e. The molecule has 1 aliphatic rings. The Bertz CT molecular complexity index is 5230. The van der Waals surface area contributed by atoms with Crippen molar-refractivity contribution in [3.8, 4) is 50.2 Å². The van der Waals surface area contributed by atoms with E-state index in [4.69, 9.17) is 0 Å². The van der Waals surface area contributed by atoms with E-state index >= 15 is 0 Å². The highest BCUT2D eigenvalue weighted by Crippen LogP contribution is 2.58. The minimum absolute atomic E-state index is 0.614. The maximum Gasteiger partial charge on any atom is 0.0714 e. The zero-order valence-electron chi connectivity index (χ0n) is 48.7. The van der Waals surface area contributed by atoms with Gasteiger partial charge in [0.15, 0.2) is 0 Å². The summed E-state index contributed by atoms with van der Waals surface area (Å²) in [5, 5.41) is 4.93. The van der Waals surface area contributed by atoms with Crippen molar-refractivity contribution in [3.05, 3.63) is 368 Å². The first-order valence-electron chi connectivity index (χ1n) is 30.6. The number of hydrogen-bond acceptors (Lipinski definition) is 3. The average molecular weight is 1150 g/mol. The van der Waals surface area contributed by atoms with Crippen LogP contribution < -0.4 is 9.80 Å². The van der Waals surface area contributed by atoms with Gasteiger partial charge in [-0.05, 0) is 158 Å². The van der Waals surface area contributed by atoms with Gasteiger partial charge in [-0.2, -0.15) is 0 Å². The lowest BCUT2D eigenvalue weighted by Crippen LogP contribution is -2.28. The van der Waals surface area contributed by atoms with E-state index in [1.807, 2.05) is 11.3 Å². The first kappa shape index (κ1) is 52.1. The molecular weight excluding hydrogens is 1100 g/mol. The second kappa shape index (κ2) is 21.6. The number of hydrogen-bond donors (Lipinski definition) is 0. The van der Waals surface area contributed by atoms with Crippen molar-refractivity contribution >= 4 is 87.4 Å². The van der Waals surface area contributed by atoms with Gasteiger partial charge in [-0.3, -0.25) is 0 Å². The van der Waals surface area contributed by atoms with Crippen molar-refractivity contribution in [2.45, 2.75) is 5.41 Å². The average Bonchev–Trinajstić information content (AvgIpc) is 1.62. The van der Waals surface area contributed by atoms with E-state index in [9.17, 15) is 0 Å². The van der Waals surface area contributed by atoms with Crippen LogP contribution in [0.3, 0.4) is 0 Å². The fourth-order valence-corrected chi connectivity index (χ4v) is 15.6. The van der Waals surface area contributed by atoms with Crippen LogP contribution in [0, 0.1) is 0 Å². The summed E-state index contributed by atoms with van der Waals surface area (Å²) < 4.78 is 4.98. The Morgan fingerprint density at radius 3 is 1.36 bits per heavy atom. The lowest BCUT2D eigenvalue weighted by Gasteiger charge is -2.35. The van der Waals surface area contributed by atoms with Crippen molar-refractivity contribution < 1.29 is 0 Å². The third-order valence-corrected chi connectivity index (χ3v) is 19.4. The van der Waals surface area contributed by atoms with Gasteiger partial charge in [-0.25, -0.2) is 0 Å². The molecule has 0 amide bonds. The molecule has 17 rings (SSSR count). The number of para-hydroxylation sites is 3. The minimum atomic E-state index is -0.614. The molecule has 0 radical (unpaired) electrons. The molecule has 0 unspecified atom stereocenters. The van der Waals surface area contributed by atoms with E-state index in [-0.39, 0.29) is 0 Å². The van der Waals surface area contributed by atoms with Crippen molar-refractivity contribution in [2.75, 3.05) is 9.80 Å². The number of aromatic nitrogens is 1. The molecule has 0 atom stereocenters. The fraction of sp³-hybridized carbons (Fsp3) is 0.0118. The summed E-state index contributed by atoms with van der Waals surface area (Å²) in [6, 6.07) is 128. The van der Waals surface area contributed by atoms with Crippen LogP contribution >= 0.6 is 11.3 Å². The summed E-state index contributed by atoms with van der Waals surface area (Å²) in [5.74, 6) is 0. The molecule has 89 heavy (non-hydrogen) atoms. The van der Waals surface area contributed by atoms with Crippen LogP contribution in [-0.2, 0) is 5.41 Å². The van der Waals surface area contributed by atoms with Crippen LogP contribution in [0.5, 0.6) is 0 Å². The van der Waals surface area contributed by atoms with Gasteiger partial charge in [0.05, 0.1) is 16.4 Å². The molecule has 4 heteroatoms. The molecule has 3 nitrogen and oxygen atoms in total. The van der Waals surface area contributed by atoms with Crippen LogP contribution in [0.4, 0.5) is 34.1 Å². The predicted octanol–water partition coefficient (Wildman–Crippen LogP) is 23.5. The quantitative estimate of drug-likeness (QED) is 0.121. The van der Waals surface area contributed by atoms with Gasteiger partial charge in [0, 0.05) is 76.3 Å². The van der Waals surface area contributed by atoms with E-state index in [0.29, 0.717) is 0 Å². The molecule has 2 aromatic heterocycles. The topological polar surface area (TPSA) is 11.4 Å². The highest BCUT2D eigenvalue weighted by atomic mass is 32.1. The number of anilines is 6. The van der Waals surface area contributed by atoms with Gasteiger partial charge in [0.2, 0.25) is 0 Å². The molecular formula is C85H57N3S. The third-order valence-electron chi connectivity index (χ3n) is 18.2. The zero-order chi connectivity index (χ0) is 58.8. The second-order valence-electron chi connectivity index (χ2n) is 23.1. The van der Waals surface area contributed by atoms with Crippen LogP contribution in [0.1, 0.15) is 22.3 Å². The Labute approximate surface area is 522 Å². The summed E-state index contributed by atoms with van der Waals surface area (Å²) in [6.45, 7) is 0. The standard InChI is InChI=1S/C85H57N3S/c1-7-25-58(26-8-1)60-43-47-67(48-44-60)86(65-33-15-5-16-34-65)70-53-62(76-57-77-74-38-20-23-41-80(74)88(66-35-17-6-18-36-66)83(77)82-75-39-21-24-42-81(75)89-84(76)82)54-71(55-70)87(68-49-45-61(46-50-68)59-27-9-2-10-28-59)69-51-52-73-72-37-19-22-40-78(72)85(79(73)56-69,63-29-11-3-12-30-63)64-31-13-4-14-32-64/h1-57H. The van der Waals surface area contributed by atoms with Gasteiger partial charge in [0.1, 0.15) is 0 Å². The molecule has 0 saturated carbocycles. The lowest BCUT2D eigenvalue weighted by molar-refractivity contribution is 0.768. The molecule has 2 heterocycles. The highest BCUT2D eigenvalue weighted by molar-refractivity contribution is 7.26. The van der Waals surface area contributed by atoms with Crippen LogP contribution in [0.2, 0.25) is 0 Å². The molecule has 14 aromatic carbocycles. The van der Waals surface area contributed by atoms with E-state index in [2.05, 4.69) is 360 Å². The Hall–Kier alpha value is -11.3. The molecule has 0 N–H and O–H groups in total. The van der Waals surface area contributed by atoms with Crippen molar-refractivity contribution in [2.24, 2.45) is 0 Å². The molecule has 418 valence electrons. The Balaban J connectivity index is 0.976. The summed E-state index contributed by atoms with van der Waals surface area (Å²) in [6.07, 6.45) is 0. The first-order valence-corrected chi connectivity index (χ1v) is 31.4. The van der Waals surface area contributed by atoms with E-state index < -0.39 is 5.41 Å². The Morgan fingerprint density at radius 1 is 0.281 bits per heavy atom. The van der Waals surface area contributed by atoms with Gasteiger partial charge in [-0.1, -0.05) is 249 Å². The third kappa shape index (κ3) is 8.63. The summed E-state index contributed by atoms with van der Waals surface area (Å²) >= 11 is 1.89. The molecule has 0 fully saturated rings. The monoisotopic (exact) mass is 1150 g/mol. The second-order valence-corrected chi connectivity index (χ2v) is 24.2. The lowest BCUT2D eigenvalue weighted by atomic mass is 9.67. The largest absolute Gasteiger partial charge is 0.310 e. The zero-order valence-corrected chi connectivity index (χ0v) is 49.5. The van der Waals surface area contributed by atoms with E-state index in [0.717, 1.165) is 56.5 Å². The minimum Gasteiger partial charge on any atom is -0.310 e. The van der Waals surface area contributed by atoms with E-state index in [1.54, 1.807) is 0 Å². The summed E-state index contributed by atoms with van der Waals surface area (Å²) in [4.78, 5) is 4.95. The molecule has 16 aromatic rings. The normalized spacial score (nSPS) is 12.4. The van der Waals surface area contributed by atoms with Crippen molar-refractivity contribution in [1.29, 1.82) is 0 Å². The summed E-state index contributed by atoms with van der Waals surface area (Å²) in [7, 11) is 0. The molecule has 0 spiro atoms. The molecule has 0 saturated heterocycles. The van der Waals surface area contributed by atoms with Gasteiger partial charge in [0.25, 0.3) is 0 Å². The Kier molecular flexibility index (Phi) is 12.6. The van der Waals surface area contributed by atoms with Crippen molar-refractivity contribution in [1.82, 2.24) is 4.57 Å². The van der Waals surface area contributed by atoms with Gasteiger partial charge >= 0.3 is 0 Å². The summed E-state index contributed by atoms with van der Waals surface area (Å²) in [5.41, 5.74) is 23.6. The SMILES string of the molecule is c1ccc(-c2ccc(N(c3ccccc3)c3cc(-c4cc5c6ccccc6n(-c6ccccc6)c5c5c4sc4ccccc45)cc(N(c4ccc(-c5ccccc5)cc4)c4ccc5c(c4)C(c4ccccc4)(c4ccccc4)c4ccccc4-5)c3)cc2)cc1. The van der Waals surface area contributed by atoms with Crippen LogP contribution in [-0.4, -0.2) is 4.57 Å². The number of benzene rings is 14. The number of thiophene rings is 1. The van der Waals surface area contributed by atoms with E-state index in [1.165, 1.54) is 92.0 Å². The fourth-order valence-electron chi connectivity index (χ4n) is 14.3. The maximum atomic E-state index is 2.51. The first-order chi connectivity index (χ1) is 44.2. The molecule has 0 aliphatic heterocycles. The number of rotatable bonds is 12. The van der Waals surface area contributed by atoms with Gasteiger partial charge < -0.3 is 14.4 Å². The van der Waals surface area contributed by atoms with Crippen molar-refractivity contribution in [3.63, 3.8) is 0 Å². The molecule has 1 aliphatic carbocycles. The maximum absolute atomic E-state index is 2.51. The molecule has 0 bridgehead atoms.